The fourth-order valence-corrected chi connectivity index (χ4v) is 1.10. The van der Waals surface area contributed by atoms with Gasteiger partial charge in [-0.25, -0.2) is 0 Å². The average Bonchev–Trinajstić information content (AvgIpc) is 2.06. The zero-order valence-corrected chi connectivity index (χ0v) is 8.36. The smallest absolute Gasteiger partial charge is 0.0709 e. The van der Waals surface area contributed by atoms with Crippen molar-refractivity contribution in [1.29, 1.82) is 0 Å². The molecule has 64 valence electrons. The first-order valence-electron chi connectivity index (χ1n) is 3.75. The Hall–Kier alpha value is -0.460. The molecule has 0 saturated heterocycles. The van der Waals surface area contributed by atoms with Crippen molar-refractivity contribution in [2.75, 3.05) is 0 Å². The van der Waals surface area contributed by atoms with Crippen LogP contribution >= 0.6 is 23.2 Å². The molecule has 1 aromatic carbocycles. The maximum absolute atomic E-state index is 5.62. The highest BCUT2D eigenvalue weighted by atomic mass is 35.5. The van der Waals surface area contributed by atoms with Crippen molar-refractivity contribution in [2.24, 2.45) is 0 Å². The Balaban J connectivity index is 2.72. The predicted octanol–water partition coefficient (Wildman–Crippen LogP) is 3.94. The van der Waals surface area contributed by atoms with Crippen molar-refractivity contribution in [3.05, 3.63) is 46.0 Å². The molecule has 0 bridgehead atoms. The lowest BCUT2D eigenvalue weighted by Crippen LogP contribution is -1.85. The number of rotatable bonds is 2. The third-order valence-corrected chi connectivity index (χ3v) is 2.28. The van der Waals surface area contributed by atoms with E-state index in [0.717, 1.165) is 12.0 Å². The van der Waals surface area contributed by atoms with Gasteiger partial charge in [-0.1, -0.05) is 53.5 Å². The zero-order chi connectivity index (χ0) is 8.97. The molecule has 0 aliphatic rings. The summed E-state index contributed by atoms with van der Waals surface area (Å²) in [5.41, 5.74) is 2.23. The summed E-state index contributed by atoms with van der Waals surface area (Å²) in [6, 6.07) is 10.1. The van der Waals surface area contributed by atoms with Crippen molar-refractivity contribution in [1.82, 2.24) is 0 Å². The standard InChI is InChI=1S/C10H10Cl2/c1-8(10(11)12)7-9-5-3-2-4-6-9/h2-6H,7H2,1H3. The molecule has 0 aliphatic heterocycles. The van der Waals surface area contributed by atoms with E-state index in [0.29, 0.717) is 4.49 Å². The second-order valence-electron chi connectivity index (χ2n) is 2.70. The molecule has 0 heterocycles. The summed E-state index contributed by atoms with van der Waals surface area (Å²) < 4.78 is 0.374. The highest BCUT2D eigenvalue weighted by Gasteiger charge is 1.97. The van der Waals surface area contributed by atoms with E-state index in [2.05, 4.69) is 12.1 Å². The number of hydrogen-bond acceptors (Lipinski definition) is 0. The number of halogens is 2. The normalized spacial score (nSPS) is 9.58. The van der Waals surface area contributed by atoms with Crippen molar-refractivity contribution in [3.63, 3.8) is 0 Å². The molecule has 0 amide bonds. The van der Waals surface area contributed by atoms with Crippen LogP contribution in [-0.4, -0.2) is 0 Å². The molecule has 0 aromatic heterocycles. The molecule has 0 spiro atoms. The molecule has 0 nitrogen and oxygen atoms in total. The minimum Gasteiger partial charge on any atom is -0.0709 e. The first kappa shape index (κ1) is 9.63. The maximum Gasteiger partial charge on any atom is 0.106 e. The molecule has 0 atom stereocenters. The van der Waals surface area contributed by atoms with Gasteiger partial charge in [0.1, 0.15) is 4.49 Å². The maximum atomic E-state index is 5.62. The van der Waals surface area contributed by atoms with Gasteiger partial charge in [-0.2, -0.15) is 0 Å². The third kappa shape index (κ3) is 2.88. The van der Waals surface area contributed by atoms with Crippen LogP contribution in [0.3, 0.4) is 0 Å². The van der Waals surface area contributed by atoms with Gasteiger partial charge < -0.3 is 0 Å². The number of hydrogen-bond donors (Lipinski definition) is 0. The molecule has 0 unspecified atom stereocenters. The van der Waals surface area contributed by atoms with Gasteiger partial charge in [0.2, 0.25) is 0 Å². The Bertz CT molecular complexity index is 271. The molecule has 0 saturated carbocycles. The fraction of sp³-hybridized carbons (Fsp3) is 0.200. The fourth-order valence-electron chi connectivity index (χ4n) is 0.969. The Morgan fingerprint density at radius 1 is 1.17 bits per heavy atom. The molecule has 0 N–H and O–H groups in total. The van der Waals surface area contributed by atoms with Gasteiger partial charge in [0, 0.05) is 0 Å². The van der Waals surface area contributed by atoms with Crippen LogP contribution in [0, 0.1) is 0 Å². The lowest BCUT2D eigenvalue weighted by molar-refractivity contribution is 1.15. The first-order valence-corrected chi connectivity index (χ1v) is 4.50. The van der Waals surface area contributed by atoms with Gasteiger partial charge in [0.05, 0.1) is 0 Å². The zero-order valence-electron chi connectivity index (χ0n) is 6.85. The monoisotopic (exact) mass is 200 g/mol. The van der Waals surface area contributed by atoms with Crippen LogP contribution in [-0.2, 0) is 6.42 Å². The highest BCUT2D eigenvalue weighted by Crippen LogP contribution is 2.17. The van der Waals surface area contributed by atoms with Crippen molar-refractivity contribution < 1.29 is 0 Å². The molecular weight excluding hydrogens is 191 g/mol. The first-order chi connectivity index (χ1) is 5.70. The summed E-state index contributed by atoms with van der Waals surface area (Å²) in [5, 5.41) is 0. The molecule has 2 heteroatoms. The van der Waals surface area contributed by atoms with Crippen LogP contribution in [0.15, 0.2) is 40.4 Å². The van der Waals surface area contributed by atoms with E-state index < -0.39 is 0 Å². The van der Waals surface area contributed by atoms with Crippen LogP contribution in [0.4, 0.5) is 0 Å². The van der Waals surface area contributed by atoms with Gasteiger partial charge in [-0.15, -0.1) is 0 Å². The van der Waals surface area contributed by atoms with Crippen LogP contribution in [0.5, 0.6) is 0 Å². The lowest BCUT2D eigenvalue weighted by Gasteiger charge is -2.00. The summed E-state index contributed by atoms with van der Waals surface area (Å²) in [6.45, 7) is 1.93. The second-order valence-corrected chi connectivity index (χ2v) is 3.65. The largest absolute Gasteiger partial charge is 0.106 e. The molecule has 0 aliphatic carbocycles. The van der Waals surface area contributed by atoms with E-state index in [1.165, 1.54) is 5.56 Å². The summed E-state index contributed by atoms with van der Waals surface area (Å²) in [7, 11) is 0. The van der Waals surface area contributed by atoms with E-state index in [1.807, 2.05) is 25.1 Å². The van der Waals surface area contributed by atoms with Crippen molar-refractivity contribution in [3.8, 4) is 0 Å². The van der Waals surface area contributed by atoms with Crippen molar-refractivity contribution >= 4 is 23.2 Å². The Morgan fingerprint density at radius 2 is 1.75 bits per heavy atom. The summed E-state index contributed by atoms with van der Waals surface area (Å²) in [4.78, 5) is 0. The summed E-state index contributed by atoms with van der Waals surface area (Å²) >= 11 is 11.2. The number of allylic oxidation sites excluding steroid dienone is 1. The van der Waals surface area contributed by atoms with E-state index in [4.69, 9.17) is 23.2 Å². The van der Waals surface area contributed by atoms with Crippen LogP contribution in [0.2, 0.25) is 0 Å². The van der Waals surface area contributed by atoms with E-state index >= 15 is 0 Å². The molecule has 1 rings (SSSR count). The minimum atomic E-state index is 0.374. The molecule has 12 heavy (non-hydrogen) atoms. The van der Waals surface area contributed by atoms with Gasteiger partial charge >= 0.3 is 0 Å². The van der Waals surface area contributed by atoms with E-state index in [1.54, 1.807) is 0 Å². The molecule has 0 radical (unpaired) electrons. The Labute approximate surface area is 82.8 Å². The Morgan fingerprint density at radius 3 is 2.25 bits per heavy atom. The number of benzene rings is 1. The minimum absolute atomic E-state index is 0.374. The molecular formula is C10H10Cl2. The van der Waals surface area contributed by atoms with Crippen LogP contribution in [0.25, 0.3) is 0 Å². The highest BCUT2D eigenvalue weighted by molar-refractivity contribution is 6.56. The van der Waals surface area contributed by atoms with Gasteiger partial charge in [-0.3, -0.25) is 0 Å². The van der Waals surface area contributed by atoms with Gasteiger partial charge in [0.15, 0.2) is 0 Å². The van der Waals surface area contributed by atoms with Crippen LogP contribution in [0.1, 0.15) is 12.5 Å². The predicted molar refractivity (Wildman–Crippen MR) is 54.6 cm³/mol. The summed E-state index contributed by atoms with van der Waals surface area (Å²) in [6.07, 6.45) is 0.823. The third-order valence-electron chi connectivity index (χ3n) is 1.63. The van der Waals surface area contributed by atoms with E-state index in [9.17, 15) is 0 Å². The topological polar surface area (TPSA) is 0 Å². The lowest BCUT2D eigenvalue weighted by atomic mass is 10.1. The average molecular weight is 201 g/mol. The Kier molecular flexibility index (Phi) is 3.64. The molecule has 1 aromatic rings. The SMILES string of the molecule is CC(Cc1ccccc1)=C(Cl)Cl. The van der Waals surface area contributed by atoms with Crippen LogP contribution < -0.4 is 0 Å². The second kappa shape index (κ2) is 4.54. The van der Waals surface area contributed by atoms with Gasteiger partial charge in [-0.05, 0) is 24.5 Å². The van der Waals surface area contributed by atoms with Crippen molar-refractivity contribution in [2.45, 2.75) is 13.3 Å². The molecule has 0 fully saturated rings. The summed E-state index contributed by atoms with van der Waals surface area (Å²) in [5.74, 6) is 0. The quantitative estimate of drug-likeness (QED) is 0.679. The van der Waals surface area contributed by atoms with Gasteiger partial charge in [0.25, 0.3) is 0 Å². The van der Waals surface area contributed by atoms with E-state index in [-0.39, 0.29) is 0 Å².